The standard InChI is InChI=1S/C29H37N5O7S2/c1-18(2)29(35)32-9-11-33(12-10-32)42(38,39)21-5-7-23-25(14-21)28(31-37)26-15-22(6-8-24(26)27(23)30-36)43(40,41)34-16-19(3)13-20(4)17-34/h5-8,14-15,18-20,30,36H,9-13,16-17H2,1-4H3/t19-,20+. The van der Waals surface area contributed by atoms with Gasteiger partial charge in [0, 0.05) is 66.7 Å². The maximum Gasteiger partial charge on any atom is 0.243 e. The number of nitrogens with one attached hydrogen (secondary N) is 1. The quantitative estimate of drug-likeness (QED) is 0.221. The van der Waals surface area contributed by atoms with Crippen LogP contribution in [0.4, 0.5) is 11.4 Å². The molecule has 3 aromatic carbocycles. The van der Waals surface area contributed by atoms with Crippen LogP contribution in [-0.2, 0) is 24.8 Å². The number of rotatable bonds is 7. The number of nitrogens with zero attached hydrogens (tertiary/aromatic N) is 4. The monoisotopic (exact) mass is 631 g/mol. The van der Waals surface area contributed by atoms with E-state index in [1.807, 2.05) is 13.8 Å². The molecule has 0 aliphatic carbocycles. The highest BCUT2D eigenvalue weighted by molar-refractivity contribution is 7.89. The van der Waals surface area contributed by atoms with Crippen molar-refractivity contribution in [3.05, 3.63) is 41.3 Å². The van der Waals surface area contributed by atoms with Crippen molar-refractivity contribution in [3.8, 4) is 0 Å². The van der Waals surface area contributed by atoms with Crippen LogP contribution >= 0.6 is 0 Å². The lowest BCUT2D eigenvalue weighted by Gasteiger charge is -2.35. The van der Waals surface area contributed by atoms with Crippen molar-refractivity contribution in [3.63, 3.8) is 0 Å². The number of carbonyl (C=O) groups is 1. The number of amides is 1. The highest BCUT2D eigenvalue weighted by Crippen LogP contribution is 2.43. The maximum absolute atomic E-state index is 13.6. The van der Waals surface area contributed by atoms with Gasteiger partial charge in [-0.05, 0) is 47.7 Å². The summed E-state index contributed by atoms with van der Waals surface area (Å²) in [7, 11) is -7.91. The average Bonchev–Trinajstić information content (AvgIpc) is 2.98. The van der Waals surface area contributed by atoms with E-state index in [0.29, 0.717) is 23.9 Å². The highest BCUT2D eigenvalue weighted by atomic mass is 32.2. The van der Waals surface area contributed by atoms with Crippen molar-refractivity contribution in [2.24, 2.45) is 22.9 Å². The molecule has 43 heavy (non-hydrogen) atoms. The van der Waals surface area contributed by atoms with Crippen LogP contribution in [0, 0.1) is 22.7 Å². The molecule has 2 fully saturated rings. The summed E-state index contributed by atoms with van der Waals surface area (Å²) in [5, 5.41) is 14.3. The van der Waals surface area contributed by atoms with Gasteiger partial charge in [0.25, 0.3) is 0 Å². The van der Waals surface area contributed by atoms with Gasteiger partial charge in [-0.3, -0.25) is 15.5 Å². The fourth-order valence-electron chi connectivity index (χ4n) is 6.32. The Kier molecular flexibility index (Phi) is 8.53. The first kappa shape index (κ1) is 31.3. The maximum atomic E-state index is 13.6. The minimum absolute atomic E-state index is 0.0213. The molecule has 0 aromatic heterocycles. The Bertz CT molecular complexity index is 1790. The third kappa shape index (κ3) is 5.62. The molecule has 1 amide bonds. The summed E-state index contributed by atoms with van der Waals surface area (Å²) in [5.41, 5.74) is 2.20. The summed E-state index contributed by atoms with van der Waals surface area (Å²) >= 11 is 0. The molecular formula is C29H37N5O7S2. The van der Waals surface area contributed by atoms with E-state index >= 15 is 0 Å². The second-order valence-corrected chi connectivity index (χ2v) is 15.9. The first-order chi connectivity index (χ1) is 20.3. The first-order valence-electron chi connectivity index (χ1n) is 14.4. The van der Waals surface area contributed by atoms with E-state index < -0.39 is 20.0 Å². The van der Waals surface area contributed by atoms with Crippen LogP contribution in [0.25, 0.3) is 21.5 Å². The number of piperidine rings is 1. The van der Waals surface area contributed by atoms with E-state index in [-0.39, 0.29) is 81.8 Å². The van der Waals surface area contributed by atoms with Crippen molar-refractivity contribution in [2.45, 2.75) is 43.9 Å². The summed E-state index contributed by atoms with van der Waals surface area (Å²) < 4.78 is 57.3. The fourth-order valence-corrected chi connectivity index (χ4v) is 9.47. The summed E-state index contributed by atoms with van der Waals surface area (Å²) in [6.07, 6.45) is 0.928. The van der Waals surface area contributed by atoms with E-state index in [4.69, 9.17) is 0 Å². The third-order valence-electron chi connectivity index (χ3n) is 8.39. The third-order valence-corrected chi connectivity index (χ3v) is 12.1. The van der Waals surface area contributed by atoms with Crippen LogP contribution in [-0.4, -0.2) is 80.7 Å². The normalized spacial score (nSPS) is 21.0. The summed E-state index contributed by atoms with van der Waals surface area (Å²) in [6.45, 7) is 9.14. The van der Waals surface area contributed by atoms with Crippen LogP contribution in [0.1, 0.15) is 34.1 Å². The van der Waals surface area contributed by atoms with Crippen molar-refractivity contribution < 1.29 is 26.8 Å². The Balaban J connectivity index is 1.58. The van der Waals surface area contributed by atoms with Gasteiger partial charge in [-0.1, -0.05) is 39.8 Å². The van der Waals surface area contributed by atoms with Gasteiger partial charge in [-0.2, -0.15) is 8.61 Å². The van der Waals surface area contributed by atoms with E-state index in [2.05, 4.69) is 10.7 Å². The lowest BCUT2D eigenvalue weighted by atomic mass is 9.94. The predicted molar refractivity (Wildman–Crippen MR) is 164 cm³/mol. The van der Waals surface area contributed by atoms with Crippen LogP contribution in [0.3, 0.4) is 0 Å². The first-order valence-corrected chi connectivity index (χ1v) is 17.2. The number of sulfonamides is 2. The lowest BCUT2D eigenvalue weighted by molar-refractivity contribution is -0.135. The van der Waals surface area contributed by atoms with Gasteiger partial charge in [-0.15, -0.1) is 4.91 Å². The topological polar surface area (TPSA) is 157 Å². The molecular weight excluding hydrogens is 594 g/mol. The SMILES string of the molecule is CC(C)C(=O)N1CCN(S(=O)(=O)c2ccc3c(NO)c4ccc(S(=O)(=O)N5C[C@H](C)C[C@H](C)C5)cc4c(N=O)c3c2)CC1. The van der Waals surface area contributed by atoms with Gasteiger partial charge in [0.1, 0.15) is 5.69 Å². The minimum atomic E-state index is -4.01. The van der Waals surface area contributed by atoms with Crippen molar-refractivity contribution in [2.75, 3.05) is 44.7 Å². The van der Waals surface area contributed by atoms with Gasteiger partial charge in [0.15, 0.2) is 0 Å². The van der Waals surface area contributed by atoms with Crippen LogP contribution < -0.4 is 5.48 Å². The Labute approximate surface area is 251 Å². The molecule has 0 unspecified atom stereocenters. The molecule has 3 aromatic rings. The number of nitroso groups, excluding NO2 is 1. The van der Waals surface area contributed by atoms with Gasteiger partial charge < -0.3 is 4.90 Å². The molecule has 2 aliphatic rings. The zero-order valence-corrected chi connectivity index (χ0v) is 26.3. The Morgan fingerprint density at radius 2 is 1.33 bits per heavy atom. The molecule has 2 heterocycles. The molecule has 2 saturated heterocycles. The van der Waals surface area contributed by atoms with Gasteiger partial charge >= 0.3 is 0 Å². The molecule has 12 nitrogen and oxygen atoms in total. The molecule has 0 bridgehead atoms. The molecule has 232 valence electrons. The minimum Gasteiger partial charge on any atom is -0.340 e. The van der Waals surface area contributed by atoms with Crippen molar-refractivity contribution in [1.29, 1.82) is 0 Å². The van der Waals surface area contributed by atoms with Crippen LogP contribution in [0.15, 0.2) is 51.4 Å². The molecule has 2 aliphatic heterocycles. The van der Waals surface area contributed by atoms with E-state index in [1.165, 1.54) is 45.0 Å². The number of fused-ring (bicyclic) bond motifs is 2. The van der Waals surface area contributed by atoms with E-state index in [0.717, 1.165) is 6.42 Å². The molecule has 14 heteroatoms. The smallest absolute Gasteiger partial charge is 0.243 e. The van der Waals surface area contributed by atoms with E-state index in [9.17, 15) is 31.7 Å². The van der Waals surface area contributed by atoms with Crippen LogP contribution in [0.5, 0.6) is 0 Å². The number of hydrogen-bond acceptors (Lipinski definition) is 9. The Hall–Kier alpha value is -3.17. The van der Waals surface area contributed by atoms with Crippen molar-refractivity contribution in [1.82, 2.24) is 13.5 Å². The van der Waals surface area contributed by atoms with Gasteiger partial charge in [0.2, 0.25) is 26.0 Å². The molecule has 0 spiro atoms. The largest absolute Gasteiger partial charge is 0.340 e. The number of hydrogen-bond donors (Lipinski definition) is 2. The molecule has 0 saturated carbocycles. The summed E-state index contributed by atoms with van der Waals surface area (Å²) in [4.78, 5) is 26.2. The number of carbonyl (C=O) groups excluding carboxylic acids is 1. The van der Waals surface area contributed by atoms with Crippen molar-refractivity contribution >= 4 is 58.9 Å². The molecule has 5 rings (SSSR count). The molecule has 0 radical (unpaired) electrons. The lowest BCUT2D eigenvalue weighted by Crippen LogP contribution is -2.51. The zero-order chi connectivity index (χ0) is 31.3. The van der Waals surface area contributed by atoms with Crippen LogP contribution in [0.2, 0.25) is 0 Å². The predicted octanol–water partition coefficient (Wildman–Crippen LogP) is 4.35. The number of anilines is 1. The molecule has 2 N–H and O–H groups in total. The number of piperazine rings is 1. The zero-order valence-electron chi connectivity index (χ0n) is 24.6. The average molecular weight is 632 g/mol. The van der Waals surface area contributed by atoms with Gasteiger partial charge in [0.05, 0.1) is 15.5 Å². The summed E-state index contributed by atoms with van der Waals surface area (Å²) in [6, 6.07) is 8.50. The van der Waals surface area contributed by atoms with E-state index in [1.54, 1.807) is 18.7 Å². The van der Waals surface area contributed by atoms with Gasteiger partial charge in [-0.25, -0.2) is 16.8 Å². The molecule has 2 atom stereocenters. The Morgan fingerprint density at radius 3 is 1.77 bits per heavy atom. The fraction of sp³-hybridized carbons (Fsp3) is 0.483. The summed E-state index contributed by atoms with van der Waals surface area (Å²) in [5.74, 6) is 0.161. The highest BCUT2D eigenvalue weighted by Gasteiger charge is 2.33. The Morgan fingerprint density at radius 1 is 0.837 bits per heavy atom. The second kappa shape index (κ2) is 11.7. The second-order valence-electron chi connectivity index (χ2n) is 12.0. The number of benzene rings is 3.